The number of anilines is 1. The van der Waals surface area contributed by atoms with Crippen LogP contribution in [0.4, 0.5) is 5.69 Å². The van der Waals surface area contributed by atoms with Crippen LogP contribution in [0.15, 0.2) is 22.7 Å². The number of rotatable bonds is 4. The smallest absolute Gasteiger partial charge is 0.338 e. The maximum absolute atomic E-state index is 12.0. The molecule has 1 saturated carbocycles. The standard InChI is InChI=1S/C14H17BrN2O3/c1-2-20-12(18)9-4-5-11(10(15)8-9)17-13(19)14(16)6-3-7-14/h4-5,8H,2-3,6-7,16H2,1H3,(H,17,19). The molecule has 20 heavy (non-hydrogen) atoms. The van der Waals surface area contributed by atoms with Gasteiger partial charge in [0.15, 0.2) is 0 Å². The molecule has 108 valence electrons. The summed E-state index contributed by atoms with van der Waals surface area (Å²) in [6.45, 7) is 2.07. The van der Waals surface area contributed by atoms with E-state index < -0.39 is 5.54 Å². The molecule has 0 bridgehead atoms. The Labute approximate surface area is 126 Å². The molecule has 0 atom stereocenters. The normalized spacial score (nSPS) is 16.1. The van der Waals surface area contributed by atoms with Gasteiger partial charge in [0.25, 0.3) is 0 Å². The number of halogens is 1. The molecule has 0 aromatic heterocycles. The number of hydrogen-bond donors (Lipinski definition) is 2. The third kappa shape index (κ3) is 3.02. The van der Waals surface area contributed by atoms with Crippen LogP contribution in [-0.4, -0.2) is 24.0 Å². The van der Waals surface area contributed by atoms with Crippen molar-refractivity contribution >= 4 is 33.5 Å². The molecule has 1 aromatic rings. The fourth-order valence-electron chi connectivity index (χ4n) is 1.99. The van der Waals surface area contributed by atoms with E-state index in [1.165, 1.54) is 0 Å². The predicted octanol–water partition coefficient (Wildman–Crippen LogP) is 2.45. The maximum atomic E-state index is 12.0. The Bertz CT molecular complexity index is 541. The second-order valence-corrected chi connectivity index (χ2v) is 5.73. The molecule has 0 radical (unpaired) electrons. The van der Waals surface area contributed by atoms with E-state index in [9.17, 15) is 9.59 Å². The van der Waals surface area contributed by atoms with Gasteiger partial charge in [-0.3, -0.25) is 4.79 Å². The van der Waals surface area contributed by atoms with Crippen LogP contribution in [0.5, 0.6) is 0 Å². The van der Waals surface area contributed by atoms with Crippen LogP contribution in [0.1, 0.15) is 36.5 Å². The second-order valence-electron chi connectivity index (χ2n) is 4.88. The first kappa shape index (κ1) is 15.0. The summed E-state index contributed by atoms with van der Waals surface area (Å²) in [5, 5.41) is 2.79. The van der Waals surface area contributed by atoms with E-state index in [4.69, 9.17) is 10.5 Å². The summed E-state index contributed by atoms with van der Waals surface area (Å²) in [5.74, 6) is -0.575. The minimum atomic E-state index is -0.751. The van der Waals surface area contributed by atoms with Crippen LogP contribution in [0.2, 0.25) is 0 Å². The van der Waals surface area contributed by atoms with Gasteiger partial charge in [-0.2, -0.15) is 0 Å². The first-order chi connectivity index (χ1) is 9.46. The minimum Gasteiger partial charge on any atom is -0.462 e. The quantitative estimate of drug-likeness (QED) is 0.825. The molecule has 0 heterocycles. The number of amides is 1. The van der Waals surface area contributed by atoms with Crippen molar-refractivity contribution in [3.63, 3.8) is 0 Å². The highest BCUT2D eigenvalue weighted by Crippen LogP contribution is 2.32. The van der Waals surface area contributed by atoms with Gasteiger partial charge >= 0.3 is 5.97 Å². The summed E-state index contributed by atoms with van der Waals surface area (Å²) in [6.07, 6.45) is 2.39. The minimum absolute atomic E-state index is 0.187. The van der Waals surface area contributed by atoms with E-state index in [1.807, 2.05) is 0 Å². The molecule has 1 amide bonds. The topological polar surface area (TPSA) is 81.4 Å². The highest BCUT2D eigenvalue weighted by Gasteiger charge is 2.40. The molecule has 0 aliphatic heterocycles. The van der Waals surface area contributed by atoms with Crippen molar-refractivity contribution in [1.82, 2.24) is 0 Å². The Morgan fingerprint density at radius 3 is 2.65 bits per heavy atom. The van der Waals surface area contributed by atoms with Crippen LogP contribution < -0.4 is 11.1 Å². The summed E-state index contributed by atoms with van der Waals surface area (Å²) in [6, 6.07) is 4.90. The zero-order chi connectivity index (χ0) is 14.8. The van der Waals surface area contributed by atoms with E-state index in [0.717, 1.165) is 6.42 Å². The SMILES string of the molecule is CCOC(=O)c1ccc(NC(=O)C2(N)CCC2)c(Br)c1. The van der Waals surface area contributed by atoms with Crippen LogP contribution in [0, 0.1) is 0 Å². The molecule has 0 unspecified atom stereocenters. The summed E-state index contributed by atoms with van der Waals surface area (Å²) in [5.41, 5.74) is 6.24. The average Bonchev–Trinajstić information content (AvgIpc) is 2.38. The molecule has 1 fully saturated rings. The molecule has 3 N–H and O–H groups in total. The molecule has 1 aliphatic rings. The molecule has 0 saturated heterocycles. The molecule has 1 aromatic carbocycles. The number of benzene rings is 1. The van der Waals surface area contributed by atoms with Crippen molar-refractivity contribution in [3.8, 4) is 0 Å². The van der Waals surface area contributed by atoms with E-state index in [-0.39, 0.29) is 11.9 Å². The number of esters is 1. The third-order valence-corrected chi connectivity index (χ3v) is 4.08. The fourth-order valence-corrected chi connectivity index (χ4v) is 2.47. The van der Waals surface area contributed by atoms with Crippen LogP contribution in [-0.2, 0) is 9.53 Å². The lowest BCUT2D eigenvalue weighted by Crippen LogP contribution is -2.56. The van der Waals surface area contributed by atoms with Crippen molar-refractivity contribution in [2.24, 2.45) is 5.73 Å². The van der Waals surface area contributed by atoms with E-state index >= 15 is 0 Å². The molecular weight excluding hydrogens is 324 g/mol. The Balaban J connectivity index is 2.10. The van der Waals surface area contributed by atoms with Gasteiger partial charge in [-0.15, -0.1) is 0 Å². The van der Waals surface area contributed by atoms with Crippen molar-refractivity contribution in [1.29, 1.82) is 0 Å². The monoisotopic (exact) mass is 340 g/mol. The lowest BCUT2D eigenvalue weighted by molar-refractivity contribution is -0.123. The lowest BCUT2D eigenvalue weighted by Gasteiger charge is -2.36. The molecule has 0 spiro atoms. The lowest BCUT2D eigenvalue weighted by atomic mass is 9.77. The summed E-state index contributed by atoms with van der Waals surface area (Å²) in [4.78, 5) is 23.6. The highest BCUT2D eigenvalue weighted by atomic mass is 79.9. The van der Waals surface area contributed by atoms with Crippen molar-refractivity contribution in [2.75, 3.05) is 11.9 Å². The van der Waals surface area contributed by atoms with Crippen molar-refractivity contribution in [3.05, 3.63) is 28.2 Å². The molecule has 6 heteroatoms. The molecule has 5 nitrogen and oxygen atoms in total. The van der Waals surface area contributed by atoms with Gasteiger partial charge in [0.05, 0.1) is 23.4 Å². The first-order valence-electron chi connectivity index (χ1n) is 6.53. The average molecular weight is 341 g/mol. The zero-order valence-corrected chi connectivity index (χ0v) is 12.8. The van der Waals surface area contributed by atoms with Gasteiger partial charge in [0.2, 0.25) is 5.91 Å². The number of carbonyl (C=O) groups excluding carboxylic acids is 2. The number of ether oxygens (including phenoxy) is 1. The number of carbonyl (C=O) groups is 2. The number of nitrogens with one attached hydrogen (secondary N) is 1. The van der Waals surface area contributed by atoms with Crippen LogP contribution >= 0.6 is 15.9 Å². The van der Waals surface area contributed by atoms with E-state index in [2.05, 4.69) is 21.2 Å². The first-order valence-corrected chi connectivity index (χ1v) is 7.32. The Morgan fingerprint density at radius 2 is 2.15 bits per heavy atom. The van der Waals surface area contributed by atoms with Gasteiger partial charge in [0, 0.05) is 4.47 Å². The van der Waals surface area contributed by atoms with Gasteiger partial charge in [-0.05, 0) is 60.3 Å². The predicted molar refractivity (Wildman–Crippen MR) is 79.5 cm³/mol. The van der Waals surface area contributed by atoms with Gasteiger partial charge in [0.1, 0.15) is 0 Å². The van der Waals surface area contributed by atoms with Crippen LogP contribution in [0.25, 0.3) is 0 Å². The van der Waals surface area contributed by atoms with Gasteiger partial charge in [-0.25, -0.2) is 4.79 Å². The molecule has 2 rings (SSSR count). The number of nitrogens with two attached hydrogens (primary N) is 1. The van der Waals surface area contributed by atoms with Crippen LogP contribution in [0.3, 0.4) is 0 Å². The second kappa shape index (κ2) is 5.93. The molecule has 1 aliphatic carbocycles. The van der Waals surface area contributed by atoms with Gasteiger partial charge in [-0.1, -0.05) is 0 Å². The summed E-state index contributed by atoms with van der Waals surface area (Å²) in [7, 11) is 0. The Kier molecular flexibility index (Phi) is 4.45. The zero-order valence-electron chi connectivity index (χ0n) is 11.2. The third-order valence-electron chi connectivity index (χ3n) is 3.43. The van der Waals surface area contributed by atoms with E-state index in [1.54, 1.807) is 25.1 Å². The van der Waals surface area contributed by atoms with Crippen molar-refractivity contribution in [2.45, 2.75) is 31.7 Å². The maximum Gasteiger partial charge on any atom is 0.338 e. The van der Waals surface area contributed by atoms with Gasteiger partial charge < -0.3 is 15.8 Å². The van der Waals surface area contributed by atoms with Crippen molar-refractivity contribution < 1.29 is 14.3 Å². The summed E-state index contributed by atoms with van der Waals surface area (Å²) < 4.78 is 5.54. The van der Waals surface area contributed by atoms with E-state index in [0.29, 0.717) is 35.2 Å². The number of hydrogen-bond acceptors (Lipinski definition) is 4. The Hall–Kier alpha value is -1.40. The largest absolute Gasteiger partial charge is 0.462 e. The Morgan fingerprint density at radius 1 is 1.45 bits per heavy atom. The molecular formula is C14H17BrN2O3. The highest BCUT2D eigenvalue weighted by molar-refractivity contribution is 9.10. The summed E-state index contributed by atoms with van der Waals surface area (Å²) >= 11 is 3.34. The fraction of sp³-hybridized carbons (Fsp3) is 0.429.